The van der Waals surface area contributed by atoms with Crippen molar-refractivity contribution in [2.45, 2.75) is 39.0 Å². The second kappa shape index (κ2) is 9.18. The van der Waals surface area contributed by atoms with Crippen LogP contribution in [0.4, 0.5) is 0 Å². The molecule has 1 aromatic carbocycles. The van der Waals surface area contributed by atoms with E-state index in [1.54, 1.807) is 6.08 Å². The van der Waals surface area contributed by atoms with E-state index in [0.29, 0.717) is 30.4 Å². The maximum absolute atomic E-state index is 12.2. The third-order valence-corrected chi connectivity index (χ3v) is 4.52. The smallest absolute Gasteiger partial charge is 0.331 e. The molecule has 0 spiro atoms. The Kier molecular flexibility index (Phi) is 6.94. The SMILES string of the molecule is CCCc1ccc(C(=O)CCC/C(=C/c2ccsc2)C(=O)O)cc1. The molecule has 0 aliphatic heterocycles. The number of carbonyl (C=O) groups is 2. The molecule has 2 rings (SSSR count). The van der Waals surface area contributed by atoms with Gasteiger partial charge in [0.1, 0.15) is 0 Å². The predicted molar refractivity (Wildman–Crippen MR) is 98.6 cm³/mol. The van der Waals surface area contributed by atoms with Gasteiger partial charge in [-0.1, -0.05) is 37.6 Å². The van der Waals surface area contributed by atoms with Gasteiger partial charge in [-0.3, -0.25) is 4.79 Å². The van der Waals surface area contributed by atoms with E-state index in [2.05, 4.69) is 6.92 Å². The van der Waals surface area contributed by atoms with Crippen LogP contribution in [0.3, 0.4) is 0 Å². The van der Waals surface area contributed by atoms with Crippen molar-refractivity contribution < 1.29 is 14.7 Å². The van der Waals surface area contributed by atoms with Gasteiger partial charge < -0.3 is 5.11 Å². The van der Waals surface area contributed by atoms with Crippen molar-refractivity contribution in [3.05, 3.63) is 63.4 Å². The lowest BCUT2D eigenvalue weighted by atomic mass is 10.00. The number of hydrogen-bond acceptors (Lipinski definition) is 3. The molecule has 4 heteroatoms. The summed E-state index contributed by atoms with van der Waals surface area (Å²) in [5.41, 5.74) is 3.18. The van der Waals surface area contributed by atoms with E-state index in [1.807, 2.05) is 41.1 Å². The Labute approximate surface area is 146 Å². The summed E-state index contributed by atoms with van der Waals surface area (Å²) < 4.78 is 0. The van der Waals surface area contributed by atoms with Crippen LogP contribution in [-0.2, 0) is 11.2 Å². The highest BCUT2D eigenvalue weighted by Crippen LogP contribution is 2.17. The molecule has 0 aliphatic rings. The summed E-state index contributed by atoms with van der Waals surface area (Å²) in [6.45, 7) is 2.13. The van der Waals surface area contributed by atoms with Gasteiger partial charge in [-0.2, -0.15) is 11.3 Å². The van der Waals surface area contributed by atoms with E-state index in [9.17, 15) is 14.7 Å². The van der Waals surface area contributed by atoms with Crippen LogP contribution in [0.1, 0.15) is 54.1 Å². The lowest BCUT2D eigenvalue weighted by Crippen LogP contribution is -2.03. The lowest BCUT2D eigenvalue weighted by Gasteiger charge is -2.04. The predicted octanol–water partition coefficient (Wildman–Crippen LogP) is 5.22. The number of rotatable bonds is 9. The number of hydrogen-bond donors (Lipinski definition) is 1. The molecule has 24 heavy (non-hydrogen) atoms. The van der Waals surface area contributed by atoms with Crippen LogP contribution in [0.2, 0.25) is 0 Å². The first-order valence-electron chi connectivity index (χ1n) is 8.18. The molecule has 0 unspecified atom stereocenters. The molecule has 0 radical (unpaired) electrons. The molecule has 0 saturated carbocycles. The van der Waals surface area contributed by atoms with E-state index in [1.165, 1.54) is 16.9 Å². The number of thiophene rings is 1. The minimum absolute atomic E-state index is 0.0679. The Morgan fingerprint density at radius 1 is 1.12 bits per heavy atom. The van der Waals surface area contributed by atoms with Crippen molar-refractivity contribution in [1.82, 2.24) is 0 Å². The van der Waals surface area contributed by atoms with E-state index >= 15 is 0 Å². The van der Waals surface area contributed by atoms with Crippen molar-refractivity contribution in [3.8, 4) is 0 Å². The summed E-state index contributed by atoms with van der Waals surface area (Å²) in [4.78, 5) is 23.5. The van der Waals surface area contributed by atoms with Gasteiger partial charge in [0.15, 0.2) is 5.78 Å². The Morgan fingerprint density at radius 2 is 1.88 bits per heavy atom. The van der Waals surface area contributed by atoms with Crippen molar-refractivity contribution in [2.24, 2.45) is 0 Å². The Bertz CT molecular complexity index is 697. The molecule has 2 aromatic rings. The normalized spacial score (nSPS) is 11.5. The van der Waals surface area contributed by atoms with Crippen molar-refractivity contribution in [1.29, 1.82) is 0 Å². The largest absolute Gasteiger partial charge is 0.478 e. The van der Waals surface area contributed by atoms with Gasteiger partial charge in [-0.15, -0.1) is 0 Å². The highest BCUT2D eigenvalue weighted by Gasteiger charge is 2.10. The second-order valence-electron chi connectivity index (χ2n) is 5.76. The van der Waals surface area contributed by atoms with Gasteiger partial charge in [0.2, 0.25) is 0 Å². The number of carboxylic acids is 1. The molecule has 1 heterocycles. The fourth-order valence-electron chi connectivity index (χ4n) is 2.53. The molecule has 3 nitrogen and oxygen atoms in total. The maximum Gasteiger partial charge on any atom is 0.331 e. The van der Waals surface area contributed by atoms with Gasteiger partial charge in [-0.25, -0.2) is 4.79 Å². The third kappa shape index (κ3) is 5.46. The summed E-state index contributed by atoms with van der Waals surface area (Å²) >= 11 is 1.53. The van der Waals surface area contributed by atoms with Crippen LogP contribution in [-0.4, -0.2) is 16.9 Å². The first kappa shape index (κ1) is 18.1. The number of aliphatic carboxylic acids is 1. The summed E-state index contributed by atoms with van der Waals surface area (Å²) in [5, 5.41) is 13.1. The van der Waals surface area contributed by atoms with E-state index in [0.717, 1.165) is 18.4 Å². The highest BCUT2D eigenvalue weighted by molar-refractivity contribution is 7.08. The van der Waals surface area contributed by atoms with Gasteiger partial charge >= 0.3 is 5.97 Å². The molecular formula is C20H22O3S. The van der Waals surface area contributed by atoms with Gasteiger partial charge in [0.25, 0.3) is 0 Å². The molecule has 1 N–H and O–H groups in total. The molecule has 0 amide bonds. The molecule has 0 atom stereocenters. The quantitative estimate of drug-likeness (QED) is 0.502. The van der Waals surface area contributed by atoms with E-state index in [-0.39, 0.29) is 5.78 Å². The molecule has 126 valence electrons. The highest BCUT2D eigenvalue weighted by atomic mass is 32.1. The zero-order chi connectivity index (χ0) is 17.4. The van der Waals surface area contributed by atoms with Crippen LogP contribution >= 0.6 is 11.3 Å². The number of carbonyl (C=O) groups excluding carboxylic acids is 1. The average Bonchev–Trinajstić information content (AvgIpc) is 3.07. The van der Waals surface area contributed by atoms with Gasteiger partial charge in [0.05, 0.1) is 0 Å². The van der Waals surface area contributed by atoms with Crippen LogP contribution in [0, 0.1) is 0 Å². The maximum atomic E-state index is 12.2. The fraction of sp³-hybridized carbons (Fsp3) is 0.300. The van der Waals surface area contributed by atoms with Crippen LogP contribution < -0.4 is 0 Å². The van der Waals surface area contributed by atoms with Crippen LogP contribution in [0.15, 0.2) is 46.7 Å². The molecule has 0 aliphatic carbocycles. The molecule has 0 fully saturated rings. The molecule has 1 aromatic heterocycles. The number of carboxylic acid groups (broad SMARTS) is 1. The van der Waals surface area contributed by atoms with E-state index in [4.69, 9.17) is 0 Å². The lowest BCUT2D eigenvalue weighted by molar-refractivity contribution is -0.132. The summed E-state index contributed by atoms with van der Waals surface area (Å²) in [6.07, 6.45) is 5.08. The molecule has 0 saturated heterocycles. The summed E-state index contributed by atoms with van der Waals surface area (Å²) in [6, 6.07) is 9.61. The first-order valence-corrected chi connectivity index (χ1v) is 9.12. The summed E-state index contributed by atoms with van der Waals surface area (Å²) in [5.74, 6) is -0.851. The third-order valence-electron chi connectivity index (χ3n) is 3.82. The van der Waals surface area contributed by atoms with Crippen molar-refractivity contribution in [2.75, 3.05) is 0 Å². The van der Waals surface area contributed by atoms with Crippen molar-refractivity contribution in [3.63, 3.8) is 0 Å². The van der Waals surface area contributed by atoms with Crippen LogP contribution in [0.25, 0.3) is 6.08 Å². The number of aryl methyl sites for hydroxylation is 1. The number of Topliss-reactive ketones (excluding diaryl/α,β-unsaturated/α-hetero) is 1. The minimum atomic E-state index is -0.919. The topological polar surface area (TPSA) is 54.4 Å². The second-order valence-corrected chi connectivity index (χ2v) is 6.54. The first-order chi connectivity index (χ1) is 11.6. The monoisotopic (exact) mass is 342 g/mol. The number of benzene rings is 1. The van der Waals surface area contributed by atoms with Gasteiger partial charge in [-0.05, 0) is 53.3 Å². The average molecular weight is 342 g/mol. The van der Waals surface area contributed by atoms with E-state index < -0.39 is 5.97 Å². The Hall–Kier alpha value is -2.20. The van der Waals surface area contributed by atoms with Crippen LogP contribution in [0.5, 0.6) is 0 Å². The number of ketones is 1. The molecule has 0 bridgehead atoms. The Morgan fingerprint density at radius 3 is 2.46 bits per heavy atom. The van der Waals surface area contributed by atoms with Gasteiger partial charge in [0, 0.05) is 17.6 Å². The fourth-order valence-corrected chi connectivity index (χ4v) is 3.15. The molecular weight excluding hydrogens is 320 g/mol. The Balaban J connectivity index is 1.89. The summed E-state index contributed by atoms with van der Waals surface area (Å²) in [7, 11) is 0. The minimum Gasteiger partial charge on any atom is -0.478 e. The standard InChI is InChI=1S/C20H22O3S/c1-2-4-15-7-9-17(10-8-15)19(21)6-3-5-18(20(22)23)13-16-11-12-24-14-16/h7-14H,2-6H2,1H3,(H,22,23)/b18-13-. The van der Waals surface area contributed by atoms with Crippen molar-refractivity contribution >= 4 is 29.2 Å². The zero-order valence-corrected chi connectivity index (χ0v) is 14.6. The zero-order valence-electron chi connectivity index (χ0n) is 13.8.